The molecule has 0 saturated heterocycles. The van der Waals surface area contributed by atoms with Gasteiger partial charge >= 0.3 is 0 Å². The highest BCUT2D eigenvalue weighted by molar-refractivity contribution is 5.94. The standard InChI is InChI=1S/C21H28N2O3/c1-14(2)17-8-6-9-18(15(3)4)20(17)23(16(5)24)12-11-22-21(25)19-10-7-13-26-19/h6-10,13-15H,11-12H2,1-5H3,(H,22,25). The lowest BCUT2D eigenvalue weighted by Crippen LogP contribution is -2.38. The third-order valence-corrected chi connectivity index (χ3v) is 4.36. The lowest BCUT2D eigenvalue weighted by atomic mass is 9.92. The molecule has 1 aromatic heterocycles. The number of carbonyl (C=O) groups excluding carboxylic acids is 2. The number of furan rings is 1. The van der Waals surface area contributed by atoms with Crippen molar-refractivity contribution in [3.63, 3.8) is 0 Å². The number of anilines is 1. The number of amides is 2. The molecule has 1 aromatic carbocycles. The predicted octanol–water partition coefficient (Wildman–Crippen LogP) is 4.31. The van der Waals surface area contributed by atoms with Crippen LogP contribution in [0.4, 0.5) is 5.69 Å². The summed E-state index contributed by atoms with van der Waals surface area (Å²) >= 11 is 0. The molecule has 140 valence electrons. The minimum Gasteiger partial charge on any atom is -0.459 e. The summed E-state index contributed by atoms with van der Waals surface area (Å²) in [5.41, 5.74) is 3.25. The minimum atomic E-state index is -0.278. The van der Waals surface area contributed by atoms with Gasteiger partial charge in [-0.05, 0) is 35.1 Å². The summed E-state index contributed by atoms with van der Waals surface area (Å²) in [5.74, 6) is 0.545. The number of hydrogen-bond acceptors (Lipinski definition) is 3. The fraction of sp³-hybridized carbons (Fsp3) is 0.429. The second kappa shape index (κ2) is 8.70. The first-order chi connectivity index (χ1) is 12.3. The maximum atomic E-state index is 12.4. The fourth-order valence-electron chi connectivity index (χ4n) is 3.03. The maximum absolute atomic E-state index is 12.4. The van der Waals surface area contributed by atoms with E-state index in [4.69, 9.17) is 4.42 Å². The molecular formula is C21H28N2O3. The van der Waals surface area contributed by atoms with Gasteiger partial charge in [-0.25, -0.2) is 0 Å². The minimum absolute atomic E-state index is 0.0350. The Labute approximate surface area is 155 Å². The van der Waals surface area contributed by atoms with Gasteiger partial charge < -0.3 is 14.6 Å². The Morgan fingerprint density at radius 1 is 1.04 bits per heavy atom. The Bertz CT molecular complexity index is 722. The molecule has 0 aliphatic carbocycles. The van der Waals surface area contributed by atoms with Gasteiger partial charge in [-0.2, -0.15) is 0 Å². The van der Waals surface area contributed by atoms with E-state index >= 15 is 0 Å². The topological polar surface area (TPSA) is 62.6 Å². The van der Waals surface area contributed by atoms with Crippen LogP contribution in [0.25, 0.3) is 0 Å². The summed E-state index contributed by atoms with van der Waals surface area (Å²) in [6, 6.07) is 9.48. The molecule has 5 heteroatoms. The van der Waals surface area contributed by atoms with Crippen molar-refractivity contribution in [3.8, 4) is 0 Å². The van der Waals surface area contributed by atoms with Gasteiger partial charge in [0.05, 0.1) is 12.0 Å². The number of rotatable bonds is 7. The molecule has 5 nitrogen and oxygen atoms in total. The lowest BCUT2D eigenvalue weighted by molar-refractivity contribution is -0.116. The highest BCUT2D eigenvalue weighted by atomic mass is 16.3. The molecule has 1 heterocycles. The number of carbonyl (C=O) groups is 2. The monoisotopic (exact) mass is 356 g/mol. The van der Waals surface area contributed by atoms with Crippen LogP contribution in [-0.4, -0.2) is 24.9 Å². The van der Waals surface area contributed by atoms with Crippen LogP contribution in [-0.2, 0) is 4.79 Å². The largest absolute Gasteiger partial charge is 0.459 e. The molecule has 0 bridgehead atoms. The van der Waals surface area contributed by atoms with E-state index in [0.717, 1.165) is 16.8 Å². The van der Waals surface area contributed by atoms with Crippen LogP contribution in [0.15, 0.2) is 41.0 Å². The Morgan fingerprint density at radius 3 is 2.12 bits per heavy atom. The third-order valence-electron chi connectivity index (χ3n) is 4.36. The quantitative estimate of drug-likeness (QED) is 0.804. The molecule has 1 N–H and O–H groups in total. The van der Waals surface area contributed by atoms with E-state index in [2.05, 4.69) is 45.1 Å². The van der Waals surface area contributed by atoms with E-state index in [1.54, 1.807) is 24.0 Å². The van der Waals surface area contributed by atoms with Gasteiger partial charge in [-0.15, -0.1) is 0 Å². The SMILES string of the molecule is CC(=O)N(CCNC(=O)c1ccco1)c1c(C(C)C)cccc1C(C)C. The van der Waals surface area contributed by atoms with E-state index in [1.165, 1.54) is 6.26 Å². The Kier molecular flexibility index (Phi) is 6.61. The van der Waals surface area contributed by atoms with Gasteiger partial charge in [0.15, 0.2) is 5.76 Å². The van der Waals surface area contributed by atoms with Crippen molar-refractivity contribution >= 4 is 17.5 Å². The average molecular weight is 356 g/mol. The van der Waals surface area contributed by atoms with Crippen LogP contribution in [0.1, 0.15) is 68.1 Å². The first-order valence-electron chi connectivity index (χ1n) is 9.05. The van der Waals surface area contributed by atoms with Crippen molar-refractivity contribution < 1.29 is 14.0 Å². The molecule has 0 fully saturated rings. The molecule has 0 saturated carbocycles. The number of hydrogen-bond donors (Lipinski definition) is 1. The molecule has 0 spiro atoms. The van der Waals surface area contributed by atoms with Crippen molar-refractivity contribution in [3.05, 3.63) is 53.5 Å². The normalized spacial score (nSPS) is 11.0. The van der Waals surface area contributed by atoms with Crippen molar-refractivity contribution in [1.29, 1.82) is 0 Å². The number of benzene rings is 1. The van der Waals surface area contributed by atoms with Crippen LogP contribution in [0.3, 0.4) is 0 Å². The van der Waals surface area contributed by atoms with E-state index < -0.39 is 0 Å². The van der Waals surface area contributed by atoms with Crippen LogP contribution < -0.4 is 10.2 Å². The fourth-order valence-corrected chi connectivity index (χ4v) is 3.03. The summed E-state index contributed by atoms with van der Waals surface area (Å²) in [6.45, 7) is 10.8. The average Bonchev–Trinajstić information content (AvgIpc) is 3.12. The smallest absolute Gasteiger partial charge is 0.287 e. The van der Waals surface area contributed by atoms with Crippen molar-refractivity contribution in [2.45, 2.75) is 46.5 Å². The molecule has 2 amide bonds. The second-order valence-electron chi connectivity index (χ2n) is 7.00. The van der Waals surface area contributed by atoms with E-state index in [-0.39, 0.29) is 17.6 Å². The molecule has 2 rings (SSSR count). The van der Waals surface area contributed by atoms with Gasteiger partial charge in [0.25, 0.3) is 5.91 Å². The Morgan fingerprint density at radius 2 is 1.65 bits per heavy atom. The first-order valence-corrected chi connectivity index (χ1v) is 9.05. The maximum Gasteiger partial charge on any atom is 0.287 e. The van der Waals surface area contributed by atoms with Crippen LogP contribution in [0.2, 0.25) is 0 Å². The van der Waals surface area contributed by atoms with Crippen LogP contribution in [0.5, 0.6) is 0 Å². The first kappa shape index (κ1) is 19.8. The zero-order chi connectivity index (χ0) is 19.3. The summed E-state index contributed by atoms with van der Waals surface area (Å²) < 4.78 is 5.09. The summed E-state index contributed by atoms with van der Waals surface area (Å²) in [6.07, 6.45) is 1.46. The number of nitrogens with zero attached hydrogens (tertiary/aromatic N) is 1. The highest BCUT2D eigenvalue weighted by Crippen LogP contribution is 2.35. The molecule has 0 unspecified atom stereocenters. The van der Waals surface area contributed by atoms with Gasteiger partial charge in [-0.1, -0.05) is 45.9 Å². The molecule has 0 aliphatic rings. The summed E-state index contributed by atoms with van der Waals surface area (Å²) in [4.78, 5) is 26.2. The molecule has 0 aliphatic heterocycles. The van der Waals surface area contributed by atoms with Gasteiger partial charge in [0, 0.05) is 20.0 Å². The lowest BCUT2D eigenvalue weighted by Gasteiger charge is -2.29. The number of para-hydroxylation sites is 1. The van der Waals surface area contributed by atoms with Gasteiger partial charge in [0.1, 0.15) is 0 Å². The van der Waals surface area contributed by atoms with Crippen LogP contribution in [0, 0.1) is 0 Å². The third kappa shape index (κ3) is 4.54. The summed E-state index contributed by atoms with van der Waals surface area (Å²) in [5, 5.41) is 2.81. The molecule has 26 heavy (non-hydrogen) atoms. The predicted molar refractivity (Wildman–Crippen MR) is 104 cm³/mol. The van der Waals surface area contributed by atoms with Crippen LogP contribution >= 0.6 is 0 Å². The highest BCUT2D eigenvalue weighted by Gasteiger charge is 2.22. The van der Waals surface area contributed by atoms with Gasteiger partial charge in [0.2, 0.25) is 5.91 Å². The number of nitrogens with one attached hydrogen (secondary N) is 1. The van der Waals surface area contributed by atoms with E-state index in [9.17, 15) is 9.59 Å². The zero-order valence-corrected chi connectivity index (χ0v) is 16.2. The van der Waals surface area contributed by atoms with Crippen molar-refractivity contribution in [2.24, 2.45) is 0 Å². The molecule has 2 aromatic rings. The Balaban J connectivity index is 2.24. The molecule has 0 atom stereocenters. The van der Waals surface area contributed by atoms with E-state index in [0.29, 0.717) is 24.9 Å². The van der Waals surface area contributed by atoms with E-state index in [1.807, 2.05) is 6.07 Å². The van der Waals surface area contributed by atoms with Gasteiger partial charge in [-0.3, -0.25) is 9.59 Å². The van der Waals surface area contributed by atoms with Crippen molar-refractivity contribution in [1.82, 2.24) is 5.32 Å². The molecular weight excluding hydrogens is 328 g/mol. The van der Waals surface area contributed by atoms with Crippen molar-refractivity contribution in [2.75, 3.05) is 18.0 Å². The molecule has 0 radical (unpaired) electrons. The Hall–Kier alpha value is -2.56. The zero-order valence-electron chi connectivity index (χ0n) is 16.2. The summed E-state index contributed by atoms with van der Waals surface area (Å²) in [7, 11) is 0. The second-order valence-corrected chi connectivity index (χ2v) is 7.00.